The van der Waals surface area contributed by atoms with Crippen molar-refractivity contribution in [2.24, 2.45) is 5.73 Å². The first kappa shape index (κ1) is 31.7. The smallest absolute Gasteiger partial charge is 0.239 e. The number of nitrogens with two attached hydrogens (primary N) is 1. The Morgan fingerprint density at radius 1 is 1.05 bits per heavy atom. The van der Waals surface area contributed by atoms with Crippen LogP contribution in [0.15, 0.2) is 97.2 Å². The van der Waals surface area contributed by atoms with Gasteiger partial charge in [-0.2, -0.15) is 0 Å². The highest BCUT2D eigenvalue weighted by atomic mass is 16.5. The number of aryl methyl sites for hydroxylation is 1. The summed E-state index contributed by atoms with van der Waals surface area (Å²) in [5.41, 5.74) is 12.2. The first-order valence-electron chi connectivity index (χ1n) is 14.5. The Balaban J connectivity index is 2.06. The second-order valence-corrected chi connectivity index (χ2v) is 11.3. The van der Waals surface area contributed by atoms with E-state index in [1.165, 1.54) is 22.3 Å². The van der Waals surface area contributed by atoms with E-state index in [0.29, 0.717) is 19.4 Å². The molecule has 0 spiro atoms. The number of ether oxygens (including phenoxy) is 1. The molecule has 0 radical (unpaired) electrons. The molecule has 3 N–H and O–H groups in total. The van der Waals surface area contributed by atoms with Gasteiger partial charge in [-0.25, -0.2) is 0 Å². The van der Waals surface area contributed by atoms with Crippen LogP contribution < -0.4 is 15.8 Å². The predicted molar refractivity (Wildman–Crippen MR) is 172 cm³/mol. The van der Waals surface area contributed by atoms with Gasteiger partial charge in [0.1, 0.15) is 5.75 Å². The molecule has 5 heteroatoms. The lowest BCUT2D eigenvalue weighted by atomic mass is 9.89. The van der Waals surface area contributed by atoms with Crippen molar-refractivity contribution in [3.63, 3.8) is 0 Å². The number of rotatable bonds is 14. The van der Waals surface area contributed by atoms with Gasteiger partial charge in [0.25, 0.3) is 0 Å². The minimum absolute atomic E-state index is 0.0392. The highest BCUT2D eigenvalue weighted by molar-refractivity contribution is 5.85. The third-order valence-electron chi connectivity index (χ3n) is 7.61. The highest BCUT2D eigenvalue weighted by Crippen LogP contribution is 2.30. The summed E-state index contributed by atoms with van der Waals surface area (Å²) in [4.78, 5) is 15.7. The lowest BCUT2D eigenvalue weighted by Crippen LogP contribution is -2.57. The van der Waals surface area contributed by atoms with Crippen LogP contribution in [0, 0.1) is 6.92 Å². The Kier molecular flexibility index (Phi) is 11.4. The maximum absolute atomic E-state index is 13.4. The van der Waals surface area contributed by atoms with Crippen LogP contribution in [-0.2, 0) is 17.8 Å². The molecule has 218 valence electrons. The first-order valence-corrected chi connectivity index (χ1v) is 14.5. The zero-order valence-corrected chi connectivity index (χ0v) is 25.6. The molecular weight excluding hydrogens is 506 g/mol. The van der Waals surface area contributed by atoms with Gasteiger partial charge in [-0.05, 0) is 80.5 Å². The van der Waals surface area contributed by atoms with Crippen LogP contribution in [0.4, 0.5) is 0 Å². The van der Waals surface area contributed by atoms with Gasteiger partial charge in [-0.1, -0.05) is 86.3 Å². The van der Waals surface area contributed by atoms with E-state index in [4.69, 9.17) is 10.5 Å². The first-order chi connectivity index (χ1) is 19.6. The van der Waals surface area contributed by atoms with Crippen molar-refractivity contribution >= 4 is 11.5 Å². The van der Waals surface area contributed by atoms with Crippen LogP contribution in [0.5, 0.6) is 5.75 Å². The molecule has 0 saturated carbocycles. The number of hydrogen-bond donors (Lipinski definition) is 2. The number of nitrogens with zero attached hydrogens (tertiary/aromatic N) is 1. The van der Waals surface area contributed by atoms with Gasteiger partial charge in [0, 0.05) is 24.7 Å². The van der Waals surface area contributed by atoms with Crippen molar-refractivity contribution in [1.82, 2.24) is 10.2 Å². The van der Waals surface area contributed by atoms with Crippen molar-refractivity contribution in [3.8, 4) is 5.75 Å². The van der Waals surface area contributed by atoms with Gasteiger partial charge in [-0.15, -0.1) is 0 Å². The summed E-state index contributed by atoms with van der Waals surface area (Å²) >= 11 is 0. The summed E-state index contributed by atoms with van der Waals surface area (Å²) in [6.45, 7) is 15.1. The largest absolute Gasteiger partial charge is 0.497 e. The van der Waals surface area contributed by atoms with E-state index in [-0.39, 0.29) is 18.0 Å². The molecule has 2 atom stereocenters. The number of methoxy groups -OCH3 is 1. The molecule has 0 bridgehead atoms. The van der Waals surface area contributed by atoms with E-state index < -0.39 is 5.54 Å². The molecule has 0 heterocycles. The number of allylic oxidation sites excluding steroid dienone is 2. The molecule has 0 fully saturated rings. The van der Waals surface area contributed by atoms with Gasteiger partial charge in [-0.3, -0.25) is 4.79 Å². The monoisotopic (exact) mass is 553 g/mol. The lowest BCUT2D eigenvalue weighted by Gasteiger charge is -2.41. The second kappa shape index (κ2) is 14.7. The van der Waals surface area contributed by atoms with Crippen molar-refractivity contribution in [2.45, 2.75) is 78.0 Å². The van der Waals surface area contributed by atoms with Gasteiger partial charge in [0.2, 0.25) is 5.91 Å². The number of carbonyl (C=O) groups is 1. The summed E-state index contributed by atoms with van der Waals surface area (Å²) in [6.07, 6.45) is 4.33. The van der Waals surface area contributed by atoms with E-state index in [1.54, 1.807) is 21.0 Å². The fourth-order valence-electron chi connectivity index (χ4n) is 5.28. The Morgan fingerprint density at radius 3 is 2.32 bits per heavy atom. The summed E-state index contributed by atoms with van der Waals surface area (Å²) in [5, 5.41) is 3.36. The van der Waals surface area contributed by atoms with E-state index in [2.05, 4.69) is 104 Å². The second-order valence-electron chi connectivity index (χ2n) is 11.3. The predicted octanol–water partition coefficient (Wildman–Crippen LogP) is 7.06. The molecule has 41 heavy (non-hydrogen) atoms. The number of benzene rings is 3. The standard InChI is InChI=1S/C36H47N3O2/c1-8-30(32-21-14-13-16-26(32)3)24-33(38-35(40)36(5,6)37)34(9-2)39(25-29-19-15-20-31(23-29)41-7)27(4)22-28-17-11-10-12-18-28/h8,10-21,23,33-34H,4,9,22,24-25,37H2,1-3,5-7H3,(H,38,40)/b30-8-/t33-,34?/m1/s1. The molecule has 0 saturated heterocycles. The fourth-order valence-corrected chi connectivity index (χ4v) is 5.28. The van der Waals surface area contributed by atoms with Crippen LogP contribution in [0.3, 0.4) is 0 Å². The van der Waals surface area contributed by atoms with Crippen LogP contribution in [0.25, 0.3) is 5.57 Å². The van der Waals surface area contributed by atoms with Crippen molar-refractivity contribution < 1.29 is 9.53 Å². The molecule has 3 rings (SSSR count). The maximum atomic E-state index is 13.4. The van der Waals surface area contributed by atoms with Crippen molar-refractivity contribution in [1.29, 1.82) is 0 Å². The highest BCUT2D eigenvalue weighted by Gasteiger charge is 2.33. The summed E-state index contributed by atoms with van der Waals surface area (Å²) in [7, 11) is 1.68. The maximum Gasteiger partial charge on any atom is 0.239 e. The molecule has 1 unspecified atom stereocenters. The molecule has 0 aliphatic carbocycles. The molecule has 0 aromatic heterocycles. The third-order valence-corrected chi connectivity index (χ3v) is 7.61. The Hall–Kier alpha value is -3.83. The summed E-state index contributed by atoms with van der Waals surface area (Å²) in [5.74, 6) is 0.644. The molecule has 0 aliphatic rings. The SMILES string of the molecule is C=C(Cc1ccccc1)N(Cc1cccc(OC)c1)C(CC)[C@@H](C/C(=C/C)c1ccccc1C)NC(=O)C(C)(C)N. The Morgan fingerprint density at radius 2 is 1.71 bits per heavy atom. The van der Waals surface area contributed by atoms with Gasteiger partial charge < -0.3 is 20.7 Å². The van der Waals surface area contributed by atoms with Crippen LogP contribution >= 0.6 is 0 Å². The minimum atomic E-state index is -1.01. The van der Waals surface area contributed by atoms with Gasteiger partial charge >= 0.3 is 0 Å². The van der Waals surface area contributed by atoms with Crippen molar-refractivity contribution in [2.75, 3.05) is 7.11 Å². The number of carbonyl (C=O) groups excluding carboxylic acids is 1. The van der Waals surface area contributed by atoms with E-state index in [0.717, 1.165) is 23.4 Å². The number of hydrogen-bond acceptors (Lipinski definition) is 4. The summed E-state index contributed by atoms with van der Waals surface area (Å²) in [6, 6.07) is 26.7. The van der Waals surface area contributed by atoms with E-state index in [1.807, 2.05) is 18.2 Å². The topological polar surface area (TPSA) is 67.6 Å². The van der Waals surface area contributed by atoms with Crippen LogP contribution in [0.2, 0.25) is 0 Å². The Labute approximate surface area is 247 Å². The third kappa shape index (κ3) is 8.83. The quantitative estimate of drug-likeness (QED) is 0.224. The lowest BCUT2D eigenvalue weighted by molar-refractivity contribution is -0.126. The fraction of sp³-hybridized carbons (Fsp3) is 0.361. The molecule has 3 aromatic carbocycles. The van der Waals surface area contributed by atoms with Gasteiger partial charge in [0.15, 0.2) is 0 Å². The van der Waals surface area contributed by atoms with Gasteiger partial charge in [0.05, 0.1) is 18.7 Å². The molecular formula is C36H47N3O2. The zero-order valence-electron chi connectivity index (χ0n) is 25.6. The average Bonchev–Trinajstić information content (AvgIpc) is 2.96. The molecule has 1 amide bonds. The number of amides is 1. The Bertz CT molecular complexity index is 1320. The normalized spacial score (nSPS) is 13.3. The zero-order chi connectivity index (χ0) is 30.0. The average molecular weight is 554 g/mol. The van der Waals surface area contributed by atoms with Crippen LogP contribution in [-0.4, -0.2) is 35.5 Å². The molecule has 3 aromatic rings. The van der Waals surface area contributed by atoms with E-state index in [9.17, 15) is 4.79 Å². The summed E-state index contributed by atoms with van der Waals surface area (Å²) < 4.78 is 5.52. The number of nitrogens with one attached hydrogen (secondary N) is 1. The molecule has 0 aliphatic heterocycles. The molecule has 5 nitrogen and oxygen atoms in total. The van der Waals surface area contributed by atoms with Crippen LogP contribution in [0.1, 0.15) is 62.8 Å². The van der Waals surface area contributed by atoms with E-state index >= 15 is 0 Å². The minimum Gasteiger partial charge on any atom is -0.497 e. The van der Waals surface area contributed by atoms with Crippen molar-refractivity contribution in [3.05, 3.63) is 119 Å².